The highest BCUT2D eigenvalue weighted by atomic mass is 35.5. The molecule has 3 aromatic carbocycles. The Bertz CT molecular complexity index is 1350. The maximum Gasteiger partial charge on any atom is 0.255 e. The number of likely N-dealkylation sites (N-methyl/N-ethyl adjacent to an activating group) is 1. The molecule has 35 heavy (non-hydrogen) atoms. The molecule has 0 saturated carbocycles. The van der Waals surface area contributed by atoms with Gasteiger partial charge in [-0.3, -0.25) is 9.69 Å². The molecule has 1 aliphatic heterocycles. The maximum atomic E-state index is 13.1. The van der Waals surface area contributed by atoms with E-state index in [0.29, 0.717) is 34.2 Å². The fraction of sp³-hybridized carbons (Fsp3) is 0.286. The van der Waals surface area contributed by atoms with Crippen molar-refractivity contribution in [2.45, 2.75) is 32.9 Å². The zero-order chi connectivity index (χ0) is 24.7. The molecular weight excluding hydrogens is 458 g/mol. The zero-order valence-electron chi connectivity index (χ0n) is 20.5. The Morgan fingerprint density at radius 1 is 1.06 bits per heavy atom. The van der Waals surface area contributed by atoms with Gasteiger partial charge in [-0.1, -0.05) is 23.7 Å². The Morgan fingerprint density at radius 3 is 2.51 bits per heavy atom. The fourth-order valence-corrected chi connectivity index (χ4v) is 5.03. The van der Waals surface area contributed by atoms with E-state index in [-0.39, 0.29) is 5.91 Å². The van der Waals surface area contributed by atoms with Crippen molar-refractivity contribution in [3.8, 4) is 11.4 Å². The largest absolute Gasteiger partial charge is 0.368 e. The number of benzene rings is 3. The van der Waals surface area contributed by atoms with Crippen LogP contribution in [0, 0.1) is 6.92 Å². The fourth-order valence-electron chi connectivity index (χ4n) is 4.82. The predicted molar refractivity (Wildman–Crippen MR) is 145 cm³/mol. The number of para-hydroxylation sites is 2. The molecule has 1 saturated heterocycles. The Labute approximate surface area is 210 Å². The molecule has 1 aliphatic rings. The highest BCUT2D eigenvalue weighted by Gasteiger charge is 2.27. The van der Waals surface area contributed by atoms with Crippen LogP contribution in [-0.4, -0.2) is 53.0 Å². The van der Waals surface area contributed by atoms with Crippen molar-refractivity contribution < 1.29 is 4.79 Å². The Balaban J connectivity index is 1.35. The van der Waals surface area contributed by atoms with Gasteiger partial charge in [-0.25, -0.2) is 4.98 Å². The highest BCUT2D eigenvalue weighted by molar-refractivity contribution is 6.33. The molecule has 0 unspecified atom stereocenters. The van der Waals surface area contributed by atoms with Crippen LogP contribution in [0.3, 0.4) is 0 Å². The third-order valence-corrected chi connectivity index (χ3v) is 7.36. The number of nitrogens with one attached hydrogen (secondary N) is 2. The van der Waals surface area contributed by atoms with Gasteiger partial charge in [0.15, 0.2) is 0 Å². The lowest BCUT2D eigenvalue weighted by Gasteiger charge is -2.44. The molecule has 1 aromatic heterocycles. The first-order valence-electron chi connectivity index (χ1n) is 11.9. The number of anilines is 2. The van der Waals surface area contributed by atoms with E-state index in [4.69, 9.17) is 11.6 Å². The van der Waals surface area contributed by atoms with Gasteiger partial charge in [0.05, 0.1) is 16.1 Å². The molecule has 2 N–H and O–H groups in total. The van der Waals surface area contributed by atoms with Crippen LogP contribution in [0.2, 0.25) is 5.02 Å². The van der Waals surface area contributed by atoms with Crippen LogP contribution in [-0.2, 0) is 0 Å². The summed E-state index contributed by atoms with van der Waals surface area (Å²) in [5.41, 5.74) is 6.12. The van der Waals surface area contributed by atoms with Crippen LogP contribution in [0.15, 0.2) is 60.7 Å². The van der Waals surface area contributed by atoms with Crippen LogP contribution >= 0.6 is 11.6 Å². The summed E-state index contributed by atoms with van der Waals surface area (Å²) in [6.07, 6.45) is 0. The number of aromatic nitrogens is 2. The topological polar surface area (TPSA) is 64.3 Å². The lowest BCUT2D eigenvalue weighted by atomic mass is 10.0. The van der Waals surface area contributed by atoms with Gasteiger partial charge < -0.3 is 15.2 Å². The lowest BCUT2D eigenvalue weighted by Crippen LogP contribution is -2.55. The third kappa shape index (κ3) is 4.64. The SMILES string of the molecule is Cc1cc(C(=O)Nc2ccc(Cl)c(-c3nc4ccccc4[nH]3)c2)ccc1N1C[C@@H](C)N(C)[C@@H](C)C1. The Kier molecular flexibility index (Phi) is 6.26. The molecular formula is C28H30ClN5O. The number of aryl methyl sites for hydroxylation is 1. The normalized spacial score (nSPS) is 18.7. The first-order valence-corrected chi connectivity index (χ1v) is 12.3. The Morgan fingerprint density at radius 2 is 1.80 bits per heavy atom. The number of H-pyrrole nitrogens is 1. The van der Waals surface area contributed by atoms with Gasteiger partial charge in [0.1, 0.15) is 5.82 Å². The molecule has 2 heterocycles. The average molecular weight is 488 g/mol. The molecule has 6 nitrogen and oxygen atoms in total. The summed E-state index contributed by atoms with van der Waals surface area (Å²) in [6, 6.07) is 20.2. The van der Waals surface area contributed by atoms with E-state index < -0.39 is 0 Å². The minimum atomic E-state index is -0.155. The molecule has 1 fully saturated rings. The van der Waals surface area contributed by atoms with E-state index in [1.807, 2.05) is 42.5 Å². The predicted octanol–water partition coefficient (Wildman–Crippen LogP) is 5.97. The first kappa shape index (κ1) is 23.4. The van der Waals surface area contributed by atoms with Crippen LogP contribution in [0.1, 0.15) is 29.8 Å². The molecule has 7 heteroatoms. The monoisotopic (exact) mass is 487 g/mol. The minimum absolute atomic E-state index is 0.155. The second kappa shape index (κ2) is 9.36. The number of halogens is 1. The van der Waals surface area contributed by atoms with Gasteiger partial charge in [0, 0.05) is 47.7 Å². The van der Waals surface area contributed by atoms with E-state index in [9.17, 15) is 4.79 Å². The van der Waals surface area contributed by atoms with E-state index in [1.165, 1.54) is 5.69 Å². The van der Waals surface area contributed by atoms with Crippen LogP contribution in [0.5, 0.6) is 0 Å². The van der Waals surface area contributed by atoms with Gasteiger partial charge in [-0.2, -0.15) is 0 Å². The number of carbonyl (C=O) groups excluding carboxylic acids is 1. The summed E-state index contributed by atoms with van der Waals surface area (Å²) < 4.78 is 0. The average Bonchev–Trinajstić information content (AvgIpc) is 3.27. The number of rotatable bonds is 4. The number of piperazine rings is 1. The number of fused-ring (bicyclic) bond motifs is 1. The molecule has 0 radical (unpaired) electrons. The second-order valence-electron chi connectivity index (χ2n) is 9.52. The molecule has 0 bridgehead atoms. The van der Waals surface area contributed by atoms with Crippen molar-refractivity contribution in [2.75, 3.05) is 30.4 Å². The van der Waals surface area contributed by atoms with Gasteiger partial charge in [-0.15, -0.1) is 0 Å². The zero-order valence-corrected chi connectivity index (χ0v) is 21.2. The van der Waals surface area contributed by atoms with Crippen LogP contribution in [0.4, 0.5) is 11.4 Å². The van der Waals surface area contributed by atoms with Gasteiger partial charge in [0.2, 0.25) is 0 Å². The first-order chi connectivity index (χ1) is 16.8. The summed E-state index contributed by atoms with van der Waals surface area (Å²) >= 11 is 6.47. The molecule has 5 rings (SSSR count). The van der Waals surface area contributed by atoms with Crippen molar-refractivity contribution in [3.05, 3.63) is 76.8 Å². The number of amides is 1. The summed E-state index contributed by atoms with van der Waals surface area (Å²) in [6.45, 7) is 8.53. The van der Waals surface area contributed by atoms with Crippen LogP contribution in [0.25, 0.3) is 22.4 Å². The number of carbonyl (C=O) groups is 1. The van der Waals surface area contributed by atoms with Gasteiger partial charge >= 0.3 is 0 Å². The number of aromatic amines is 1. The van der Waals surface area contributed by atoms with E-state index in [1.54, 1.807) is 12.1 Å². The smallest absolute Gasteiger partial charge is 0.255 e. The maximum absolute atomic E-state index is 13.1. The summed E-state index contributed by atoms with van der Waals surface area (Å²) in [5.74, 6) is 0.515. The van der Waals surface area contributed by atoms with E-state index >= 15 is 0 Å². The molecule has 2 atom stereocenters. The number of hydrogen-bond acceptors (Lipinski definition) is 4. The number of imidazole rings is 1. The summed E-state index contributed by atoms with van der Waals surface area (Å²) in [4.78, 5) is 25.9. The highest BCUT2D eigenvalue weighted by Crippen LogP contribution is 2.31. The second-order valence-corrected chi connectivity index (χ2v) is 9.93. The van der Waals surface area contributed by atoms with Crippen molar-refractivity contribution in [1.29, 1.82) is 0 Å². The Hall–Kier alpha value is -3.35. The molecule has 0 aliphatic carbocycles. The molecule has 1 amide bonds. The lowest BCUT2D eigenvalue weighted by molar-refractivity contribution is 0.102. The van der Waals surface area contributed by atoms with Crippen molar-refractivity contribution in [3.63, 3.8) is 0 Å². The molecule has 4 aromatic rings. The minimum Gasteiger partial charge on any atom is -0.368 e. The van der Waals surface area contributed by atoms with Gasteiger partial charge in [-0.05, 0) is 81.9 Å². The summed E-state index contributed by atoms with van der Waals surface area (Å²) in [7, 11) is 2.18. The molecule has 0 spiro atoms. The van der Waals surface area contributed by atoms with Crippen molar-refractivity contribution in [2.24, 2.45) is 0 Å². The van der Waals surface area contributed by atoms with Crippen molar-refractivity contribution >= 4 is 39.9 Å². The standard InChI is InChI=1S/C28H30ClN5O/c1-17-13-20(9-12-26(17)34-15-18(2)33(4)19(3)16-34)28(35)30-21-10-11-23(29)22(14-21)27-31-24-7-5-6-8-25(24)32-27/h5-14,18-19H,15-16H2,1-4H3,(H,30,35)(H,31,32)/t18-,19+. The summed E-state index contributed by atoms with van der Waals surface area (Å²) in [5, 5.41) is 3.58. The van der Waals surface area contributed by atoms with Crippen molar-refractivity contribution in [1.82, 2.24) is 14.9 Å². The van der Waals surface area contributed by atoms with Gasteiger partial charge in [0.25, 0.3) is 5.91 Å². The quantitative estimate of drug-likeness (QED) is 0.372. The van der Waals surface area contributed by atoms with Crippen LogP contribution < -0.4 is 10.2 Å². The number of nitrogens with zero attached hydrogens (tertiary/aromatic N) is 3. The van der Waals surface area contributed by atoms with E-state index in [2.05, 4.69) is 59.0 Å². The third-order valence-electron chi connectivity index (χ3n) is 7.03. The molecule has 180 valence electrons. The number of hydrogen-bond donors (Lipinski definition) is 2. The van der Waals surface area contributed by atoms with E-state index in [0.717, 1.165) is 35.2 Å².